The number of para-hydroxylation sites is 1. The Balaban J connectivity index is 1.73. The summed E-state index contributed by atoms with van der Waals surface area (Å²) in [6.07, 6.45) is 0. The Hall–Kier alpha value is -3.85. The van der Waals surface area contributed by atoms with E-state index in [2.05, 4.69) is 5.32 Å². The molecule has 4 aromatic rings. The maximum absolute atomic E-state index is 13.0. The summed E-state index contributed by atoms with van der Waals surface area (Å²) in [5, 5.41) is 2.80. The molecule has 0 bridgehead atoms. The SMILES string of the molecule is Cc1c(-c2ccccc2)oc2c(C(=O)Nc3ccc(S(=O)(=O)C(F)F)cc3)cccc2c1=O. The van der Waals surface area contributed by atoms with Crippen LogP contribution >= 0.6 is 0 Å². The Morgan fingerprint density at radius 1 is 0.939 bits per heavy atom. The Bertz CT molecular complexity index is 1510. The van der Waals surface area contributed by atoms with Crippen LogP contribution in [0, 0.1) is 6.92 Å². The number of carbonyl (C=O) groups excluding carboxylic acids is 1. The molecule has 1 amide bonds. The number of carbonyl (C=O) groups is 1. The molecule has 0 fully saturated rings. The van der Waals surface area contributed by atoms with Crippen LogP contribution in [0.1, 0.15) is 15.9 Å². The van der Waals surface area contributed by atoms with Crippen LogP contribution in [0.25, 0.3) is 22.3 Å². The van der Waals surface area contributed by atoms with Gasteiger partial charge < -0.3 is 9.73 Å². The van der Waals surface area contributed by atoms with E-state index in [0.717, 1.165) is 12.1 Å². The quantitative estimate of drug-likeness (QED) is 0.443. The Morgan fingerprint density at radius 2 is 1.61 bits per heavy atom. The highest BCUT2D eigenvalue weighted by atomic mass is 32.2. The van der Waals surface area contributed by atoms with Crippen molar-refractivity contribution in [2.45, 2.75) is 17.6 Å². The van der Waals surface area contributed by atoms with E-state index in [1.807, 2.05) is 6.07 Å². The van der Waals surface area contributed by atoms with Crippen molar-refractivity contribution in [2.24, 2.45) is 0 Å². The number of amides is 1. The minimum atomic E-state index is -4.74. The number of alkyl halides is 2. The van der Waals surface area contributed by atoms with E-state index in [9.17, 15) is 26.8 Å². The summed E-state index contributed by atoms with van der Waals surface area (Å²) in [6, 6.07) is 18.0. The lowest BCUT2D eigenvalue weighted by Crippen LogP contribution is -2.15. The summed E-state index contributed by atoms with van der Waals surface area (Å²) in [5.41, 5.74) is 1.18. The molecular weight excluding hydrogens is 452 g/mol. The van der Waals surface area contributed by atoms with Gasteiger partial charge in [-0.3, -0.25) is 9.59 Å². The van der Waals surface area contributed by atoms with Gasteiger partial charge >= 0.3 is 5.76 Å². The molecule has 9 heteroatoms. The van der Waals surface area contributed by atoms with Crippen molar-refractivity contribution >= 4 is 32.4 Å². The van der Waals surface area contributed by atoms with Crippen LogP contribution in [-0.4, -0.2) is 20.1 Å². The predicted molar refractivity (Wildman–Crippen MR) is 120 cm³/mol. The number of sulfone groups is 1. The van der Waals surface area contributed by atoms with Gasteiger partial charge in [-0.25, -0.2) is 8.42 Å². The average Bonchev–Trinajstić information content (AvgIpc) is 2.81. The lowest BCUT2D eigenvalue weighted by Gasteiger charge is -2.11. The Kier molecular flexibility index (Phi) is 5.82. The first-order chi connectivity index (χ1) is 15.7. The topological polar surface area (TPSA) is 93.4 Å². The van der Waals surface area contributed by atoms with Crippen LogP contribution < -0.4 is 10.7 Å². The van der Waals surface area contributed by atoms with Gasteiger partial charge in [0.2, 0.25) is 9.84 Å². The second-order valence-electron chi connectivity index (χ2n) is 7.22. The minimum Gasteiger partial charge on any atom is -0.455 e. The standard InChI is InChI=1S/C24H17F2NO5S/c1-14-20(28)18-8-5-9-19(22(18)32-21(14)15-6-3-2-4-7-15)23(29)27-16-10-12-17(13-11-16)33(30,31)24(25)26/h2-13,24H,1H3,(H,27,29). The van der Waals surface area contributed by atoms with E-state index in [4.69, 9.17) is 4.42 Å². The fourth-order valence-electron chi connectivity index (χ4n) is 3.38. The van der Waals surface area contributed by atoms with Gasteiger partial charge in [-0.15, -0.1) is 0 Å². The molecule has 0 atom stereocenters. The molecule has 0 aliphatic heterocycles. The second kappa shape index (κ2) is 8.59. The van der Waals surface area contributed by atoms with Crippen LogP contribution in [-0.2, 0) is 9.84 Å². The van der Waals surface area contributed by atoms with Gasteiger partial charge in [-0.2, -0.15) is 8.78 Å². The van der Waals surface area contributed by atoms with E-state index >= 15 is 0 Å². The number of rotatable bonds is 5. The van der Waals surface area contributed by atoms with Crippen molar-refractivity contribution in [3.8, 4) is 11.3 Å². The van der Waals surface area contributed by atoms with Crippen LogP contribution in [0.15, 0.2) is 86.9 Å². The van der Waals surface area contributed by atoms with Crippen molar-refractivity contribution in [1.29, 1.82) is 0 Å². The van der Waals surface area contributed by atoms with Gasteiger partial charge in [0.1, 0.15) is 5.76 Å². The first kappa shape index (κ1) is 22.3. The van der Waals surface area contributed by atoms with Crippen molar-refractivity contribution in [2.75, 3.05) is 5.32 Å². The van der Waals surface area contributed by atoms with Gasteiger partial charge in [-0.1, -0.05) is 36.4 Å². The Morgan fingerprint density at radius 3 is 2.24 bits per heavy atom. The fourth-order valence-corrected chi connectivity index (χ4v) is 4.10. The van der Waals surface area contributed by atoms with Gasteiger partial charge in [0.05, 0.1) is 15.8 Å². The second-order valence-corrected chi connectivity index (χ2v) is 9.14. The van der Waals surface area contributed by atoms with E-state index < -0.39 is 26.4 Å². The van der Waals surface area contributed by atoms with E-state index in [-0.39, 0.29) is 27.6 Å². The summed E-state index contributed by atoms with van der Waals surface area (Å²) in [5.74, 6) is -3.82. The molecule has 0 aliphatic carbocycles. The third-order valence-electron chi connectivity index (χ3n) is 5.10. The van der Waals surface area contributed by atoms with Gasteiger partial charge in [0, 0.05) is 16.8 Å². The van der Waals surface area contributed by atoms with Crippen LogP contribution in [0.3, 0.4) is 0 Å². The van der Waals surface area contributed by atoms with Crippen LogP contribution in [0.5, 0.6) is 0 Å². The van der Waals surface area contributed by atoms with Crippen molar-refractivity contribution in [1.82, 2.24) is 0 Å². The molecule has 1 aromatic heterocycles. The molecule has 0 spiro atoms. The number of anilines is 1. The molecule has 168 valence electrons. The maximum Gasteiger partial charge on any atom is 0.341 e. The number of hydrogen-bond acceptors (Lipinski definition) is 5. The summed E-state index contributed by atoms with van der Waals surface area (Å²) in [6.45, 7) is 1.65. The lowest BCUT2D eigenvalue weighted by atomic mass is 10.0. The third kappa shape index (κ3) is 4.14. The highest BCUT2D eigenvalue weighted by molar-refractivity contribution is 7.91. The van der Waals surface area contributed by atoms with Crippen molar-refractivity contribution in [3.63, 3.8) is 0 Å². The smallest absolute Gasteiger partial charge is 0.341 e. The molecule has 0 saturated heterocycles. The lowest BCUT2D eigenvalue weighted by molar-refractivity contribution is 0.102. The summed E-state index contributed by atoms with van der Waals surface area (Å²) >= 11 is 0. The molecule has 0 saturated carbocycles. The molecule has 0 unspecified atom stereocenters. The van der Waals surface area contributed by atoms with Crippen molar-refractivity contribution in [3.05, 3.63) is 94.1 Å². The molecule has 0 radical (unpaired) electrons. The number of benzene rings is 3. The molecule has 33 heavy (non-hydrogen) atoms. The van der Waals surface area contributed by atoms with Gasteiger partial charge in [0.25, 0.3) is 5.91 Å². The van der Waals surface area contributed by atoms with E-state index in [1.54, 1.807) is 43.3 Å². The monoisotopic (exact) mass is 469 g/mol. The average molecular weight is 469 g/mol. The minimum absolute atomic E-state index is 0.0889. The first-order valence-electron chi connectivity index (χ1n) is 9.75. The summed E-state index contributed by atoms with van der Waals surface area (Å²) < 4.78 is 54.5. The zero-order valence-corrected chi connectivity index (χ0v) is 18.0. The number of nitrogens with one attached hydrogen (secondary N) is 1. The maximum atomic E-state index is 13.0. The molecule has 4 rings (SSSR count). The molecular formula is C24H17F2NO5S. The molecule has 1 heterocycles. The first-order valence-corrected chi connectivity index (χ1v) is 11.3. The predicted octanol–water partition coefficient (Wildman–Crippen LogP) is 5.02. The molecule has 6 nitrogen and oxygen atoms in total. The summed E-state index contributed by atoms with van der Waals surface area (Å²) in [4.78, 5) is 25.3. The number of halogens is 2. The molecule has 1 N–H and O–H groups in total. The van der Waals surface area contributed by atoms with E-state index in [1.165, 1.54) is 18.2 Å². The highest BCUT2D eigenvalue weighted by Crippen LogP contribution is 2.28. The van der Waals surface area contributed by atoms with Gasteiger partial charge in [0.15, 0.2) is 11.0 Å². The largest absolute Gasteiger partial charge is 0.455 e. The van der Waals surface area contributed by atoms with Crippen LogP contribution in [0.4, 0.5) is 14.5 Å². The molecule has 3 aromatic carbocycles. The molecule has 0 aliphatic rings. The highest BCUT2D eigenvalue weighted by Gasteiger charge is 2.26. The normalized spacial score (nSPS) is 11.6. The number of fused-ring (bicyclic) bond motifs is 1. The van der Waals surface area contributed by atoms with Crippen molar-refractivity contribution < 1.29 is 26.4 Å². The van der Waals surface area contributed by atoms with Gasteiger partial charge in [-0.05, 0) is 43.3 Å². The van der Waals surface area contributed by atoms with Crippen LogP contribution in [0.2, 0.25) is 0 Å². The zero-order chi connectivity index (χ0) is 23.8. The fraction of sp³-hybridized carbons (Fsp3) is 0.0833. The Labute approximate surface area is 187 Å². The number of hydrogen-bond donors (Lipinski definition) is 1. The summed E-state index contributed by atoms with van der Waals surface area (Å²) in [7, 11) is -4.74. The zero-order valence-electron chi connectivity index (χ0n) is 17.2. The van der Waals surface area contributed by atoms with E-state index in [0.29, 0.717) is 16.9 Å². The third-order valence-corrected chi connectivity index (χ3v) is 6.50.